The van der Waals surface area contributed by atoms with E-state index < -0.39 is 0 Å². The first-order chi connectivity index (χ1) is 14.0. The van der Waals surface area contributed by atoms with Crippen LogP contribution in [0.2, 0.25) is 0 Å². The van der Waals surface area contributed by atoms with Crippen LogP contribution < -0.4 is 26.3 Å². The van der Waals surface area contributed by atoms with Crippen LogP contribution in [0.5, 0.6) is 11.5 Å². The molecule has 2 aromatic rings. The zero-order valence-corrected chi connectivity index (χ0v) is 16.7. The maximum atomic E-state index is 12.5. The van der Waals surface area contributed by atoms with Crippen molar-refractivity contribution in [3.05, 3.63) is 47.5 Å². The van der Waals surface area contributed by atoms with E-state index in [-0.39, 0.29) is 18.2 Å². The van der Waals surface area contributed by atoms with Crippen molar-refractivity contribution in [1.82, 2.24) is 10.2 Å². The second-order valence-corrected chi connectivity index (χ2v) is 7.72. The molecule has 1 aliphatic carbocycles. The number of nitrogens with zero attached hydrogens (tertiary/aromatic N) is 1. The van der Waals surface area contributed by atoms with Crippen LogP contribution in [-0.4, -0.2) is 30.7 Å². The Morgan fingerprint density at radius 2 is 1.90 bits per heavy atom. The average molecular weight is 396 g/mol. The first-order valence-electron chi connectivity index (χ1n) is 10.1. The molecule has 0 aromatic heterocycles. The molecule has 1 atom stereocenters. The Balaban J connectivity index is 1.59. The third kappa shape index (κ3) is 4.04. The molecule has 1 heterocycles. The van der Waals surface area contributed by atoms with Crippen LogP contribution in [0.4, 0.5) is 16.2 Å². The van der Waals surface area contributed by atoms with Gasteiger partial charge in [0.05, 0.1) is 25.8 Å². The molecule has 0 unspecified atom stereocenters. The number of nitrogens with one attached hydrogen (secondary N) is 1. The van der Waals surface area contributed by atoms with E-state index in [1.165, 1.54) is 12.8 Å². The maximum absolute atomic E-state index is 12.5. The van der Waals surface area contributed by atoms with Gasteiger partial charge in [-0.25, -0.2) is 4.79 Å². The lowest BCUT2D eigenvalue weighted by Gasteiger charge is -2.25. The summed E-state index contributed by atoms with van der Waals surface area (Å²) >= 11 is 0. The molecule has 0 bridgehead atoms. The van der Waals surface area contributed by atoms with Crippen LogP contribution in [0.1, 0.15) is 42.9 Å². The Labute approximate surface area is 171 Å². The summed E-state index contributed by atoms with van der Waals surface area (Å²) in [5.41, 5.74) is 15.0. The highest BCUT2D eigenvalue weighted by molar-refractivity contribution is 5.77. The van der Waals surface area contributed by atoms with Crippen molar-refractivity contribution in [3.8, 4) is 11.5 Å². The number of ether oxygens (including phenoxy) is 2. The first-order valence-corrected chi connectivity index (χ1v) is 10.1. The topological polar surface area (TPSA) is 103 Å². The fourth-order valence-electron chi connectivity index (χ4n) is 4.14. The highest BCUT2D eigenvalue weighted by Gasteiger charge is 2.33. The molecule has 5 N–H and O–H groups in total. The number of rotatable bonds is 6. The SMILES string of the molecule is COc1ccc([C@H]2CNC(=O)N2Cc2ccc(N)cc2N)cc1OC1CCCC1. The number of benzene rings is 2. The molecule has 0 radical (unpaired) electrons. The molecule has 154 valence electrons. The summed E-state index contributed by atoms with van der Waals surface area (Å²) in [4.78, 5) is 14.3. The molecule has 0 spiro atoms. The molecule has 2 amide bonds. The van der Waals surface area contributed by atoms with Crippen LogP contribution in [0.3, 0.4) is 0 Å². The number of amides is 2. The first kappa shape index (κ1) is 19.2. The van der Waals surface area contributed by atoms with E-state index in [0.29, 0.717) is 30.2 Å². The minimum absolute atomic E-state index is 0.111. The lowest BCUT2D eigenvalue weighted by atomic mass is 10.0. The summed E-state index contributed by atoms with van der Waals surface area (Å²) in [7, 11) is 1.65. The van der Waals surface area contributed by atoms with Crippen LogP contribution in [0.15, 0.2) is 36.4 Å². The third-order valence-corrected chi connectivity index (χ3v) is 5.76. The molecule has 4 rings (SSSR count). The number of carbonyl (C=O) groups excluding carboxylic acids is 1. The largest absolute Gasteiger partial charge is 0.493 e. The predicted octanol–water partition coefficient (Wildman–Crippen LogP) is 3.45. The number of hydrogen-bond donors (Lipinski definition) is 3. The molecule has 7 heteroatoms. The lowest BCUT2D eigenvalue weighted by molar-refractivity contribution is 0.196. The van der Waals surface area contributed by atoms with Crippen LogP contribution in [-0.2, 0) is 6.54 Å². The quantitative estimate of drug-likeness (QED) is 0.649. The number of carbonyl (C=O) groups is 1. The van der Waals surface area contributed by atoms with Crippen molar-refractivity contribution in [2.75, 3.05) is 25.1 Å². The highest BCUT2D eigenvalue weighted by Crippen LogP contribution is 2.36. The van der Waals surface area contributed by atoms with Gasteiger partial charge in [-0.05, 0) is 61.1 Å². The Bertz CT molecular complexity index is 896. The molecular weight excluding hydrogens is 368 g/mol. The highest BCUT2D eigenvalue weighted by atomic mass is 16.5. The Morgan fingerprint density at radius 3 is 2.62 bits per heavy atom. The molecule has 2 fully saturated rings. The minimum Gasteiger partial charge on any atom is -0.493 e. The van der Waals surface area contributed by atoms with Crippen LogP contribution >= 0.6 is 0 Å². The number of nitrogens with two attached hydrogens (primary N) is 2. The van der Waals surface area contributed by atoms with Crippen molar-refractivity contribution in [2.24, 2.45) is 0 Å². The van der Waals surface area contributed by atoms with Gasteiger partial charge >= 0.3 is 6.03 Å². The molecule has 2 aromatic carbocycles. The van der Waals surface area contributed by atoms with Gasteiger partial charge in [-0.15, -0.1) is 0 Å². The Kier molecular flexibility index (Phi) is 5.38. The van der Waals surface area contributed by atoms with E-state index in [2.05, 4.69) is 5.32 Å². The second-order valence-electron chi connectivity index (χ2n) is 7.72. The second kappa shape index (κ2) is 8.11. The normalized spacial score (nSPS) is 19.4. The van der Waals surface area contributed by atoms with E-state index in [9.17, 15) is 4.79 Å². The van der Waals surface area contributed by atoms with Crippen molar-refractivity contribution in [1.29, 1.82) is 0 Å². The van der Waals surface area contributed by atoms with Gasteiger partial charge in [0.15, 0.2) is 11.5 Å². The minimum atomic E-state index is -0.115. The van der Waals surface area contributed by atoms with Crippen molar-refractivity contribution in [3.63, 3.8) is 0 Å². The number of methoxy groups -OCH3 is 1. The van der Waals surface area contributed by atoms with Crippen LogP contribution in [0, 0.1) is 0 Å². The molecule has 7 nitrogen and oxygen atoms in total. The van der Waals surface area contributed by atoms with Gasteiger partial charge in [-0.3, -0.25) is 0 Å². The standard InChI is InChI=1S/C22H28N4O3/c1-28-20-9-7-14(10-21(20)29-17-4-2-3-5-17)19-12-25-22(27)26(19)13-15-6-8-16(23)11-18(15)24/h6-11,17,19H,2-5,12-13,23-24H2,1H3,(H,25,27)/t19-/m1/s1. The summed E-state index contributed by atoms with van der Waals surface area (Å²) in [5.74, 6) is 1.45. The summed E-state index contributed by atoms with van der Waals surface area (Å²) in [5, 5.41) is 2.94. The summed E-state index contributed by atoms with van der Waals surface area (Å²) in [6.07, 6.45) is 4.77. The van der Waals surface area contributed by atoms with Crippen molar-refractivity contribution in [2.45, 2.75) is 44.4 Å². The number of hydrogen-bond acceptors (Lipinski definition) is 5. The molecule has 2 aliphatic rings. The molecule has 1 aliphatic heterocycles. The monoisotopic (exact) mass is 396 g/mol. The smallest absolute Gasteiger partial charge is 0.318 e. The Hall–Kier alpha value is -3.09. The molecule has 1 saturated carbocycles. The van der Waals surface area contributed by atoms with Gasteiger partial charge in [-0.2, -0.15) is 0 Å². The number of urea groups is 1. The van der Waals surface area contributed by atoms with Crippen molar-refractivity contribution >= 4 is 17.4 Å². The van der Waals surface area contributed by atoms with Crippen molar-refractivity contribution < 1.29 is 14.3 Å². The lowest BCUT2D eigenvalue weighted by Crippen LogP contribution is -2.29. The van der Waals surface area contributed by atoms with Gasteiger partial charge in [0, 0.05) is 17.9 Å². The van der Waals surface area contributed by atoms with E-state index in [1.807, 2.05) is 24.3 Å². The molecule has 1 saturated heterocycles. The Morgan fingerprint density at radius 1 is 1.10 bits per heavy atom. The van der Waals surface area contributed by atoms with Gasteiger partial charge in [0.2, 0.25) is 0 Å². The number of nitrogen functional groups attached to an aromatic ring is 2. The zero-order valence-electron chi connectivity index (χ0n) is 16.7. The summed E-state index contributed by atoms with van der Waals surface area (Å²) in [6, 6.07) is 11.1. The number of anilines is 2. The third-order valence-electron chi connectivity index (χ3n) is 5.76. The zero-order chi connectivity index (χ0) is 20.4. The average Bonchev–Trinajstić information content (AvgIpc) is 3.34. The van der Waals surface area contributed by atoms with E-state index in [1.54, 1.807) is 24.1 Å². The molecular formula is C22H28N4O3. The molecule has 29 heavy (non-hydrogen) atoms. The van der Waals surface area contributed by atoms with E-state index in [0.717, 1.165) is 29.7 Å². The van der Waals surface area contributed by atoms with Gasteiger partial charge in [0.1, 0.15) is 0 Å². The summed E-state index contributed by atoms with van der Waals surface area (Å²) < 4.78 is 11.7. The predicted molar refractivity (Wildman–Crippen MR) is 113 cm³/mol. The fraction of sp³-hybridized carbons (Fsp3) is 0.409. The van der Waals surface area contributed by atoms with E-state index in [4.69, 9.17) is 20.9 Å². The fourth-order valence-corrected chi connectivity index (χ4v) is 4.14. The van der Waals surface area contributed by atoms with E-state index >= 15 is 0 Å². The maximum Gasteiger partial charge on any atom is 0.318 e. The summed E-state index contributed by atoms with van der Waals surface area (Å²) in [6.45, 7) is 0.941. The van der Waals surface area contributed by atoms with Gasteiger partial charge in [0.25, 0.3) is 0 Å². The van der Waals surface area contributed by atoms with Crippen LogP contribution in [0.25, 0.3) is 0 Å². The van der Waals surface area contributed by atoms with Gasteiger partial charge < -0.3 is 31.2 Å². The van der Waals surface area contributed by atoms with Gasteiger partial charge in [-0.1, -0.05) is 12.1 Å².